The molecule has 6 nitrogen and oxygen atoms in total. The number of imidazole rings is 1. The van der Waals surface area contributed by atoms with Crippen molar-refractivity contribution in [3.8, 4) is 67.6 Å². The van der Waals surface area contributed by atoms with Gasteiger partial charge >= 0.3 is 0 Å². The van der Waals surface area contributed by atoms with Crippen LogP contribution in [0.2, 0.25) is 0 Å². The van der Waals surface area contributed by atoms with Gasteiger partial charge in [0.15, 0.2) is 0 Å². The Kier molecular flexibility index (Phi) is 11.8. The van der Waals surface area contributed by atoms with Gasteiger partial charge in [0.05, 0.1) is 33.7 Å². The maximum absolute atomic E-state index is 12.6. The first kappa shape index (κ1) is 49.3. The second-order valence-corrected chi connectivity index (χ2v) is 25.3. The SMILES string of the molecule is CC(C)(C)c1cc(-c2ccc3c(n2)oc2c(-c4cc(C(C)(C)C)ccn4)cc(-c4cccc5c4nc(-c4cc(C(C)(C)C)cc(C(C)(C)C)c4O)n5-c4ccccc4-c4ccccc4)cc23)cc(C(C)(C)C)c1. The molecular formula is C67H70N4O2. The van der Waals surface area contributed by atoms with Crippen LogP contribution in [0.5, 0.6) is 5.75 Å². The molecule has 0 amide bonds. The van der Waals surface area contributed by atoms with E-state index in [9.17, 15) is 5.11 Å². The van der Waals surface area contributed by atoms with Gasteiger partial charge in [-0.3, -0.25) is 9.55 Å². The zero-order chi connectivity index (χ0) is 52.2. The molecule has 0 bridgehead atoms. The van der Waals surface area contributed by atoms with Crippen molar-refractivity contribution < 1.29 is 9.52 Å². The number of fused-ring (bicyclic) bond motifs is 4. The van der Waals surface area contributed by atoms with E-state index in [4.69, 9.17) is 19.4 Å². The predicted octanol–water partition coefficient (Wildman–Crippen LogP) is 18.2. The number of pyridine rings is 2. The Labute approximate surface area is 432 Å². The Morgan fingerprint density at radius 3 is 1.73 bits per heavy atom. The zero-order valence-electron chi connectivity index (χ0n) is 45.5. The highest BCUT2D eigenvalue weighted by Gasteiger charge is 2.30. The van der Waals surface area contributed by atoms with Crippen molar-refractivity contribution in [2.24, 2.45) is 0 Å². The van der Waals surface area contributed by atoms with Crippen LogP contribution in [0.4, 0.5) is 0 Å². The Morgan fingerprint density at radius 1 is 0.438 bits per heavy atom. The molecule has 0 spiro atoms. The van der Waals surface area contributed by atoms with Crippen molar-refractivity contribution in [1.29, 1.82) is 0 Å². The fraction of sp³-hybridized carbons (Fsp3) is 0.299. The molecule has 0 saturated carbocycles. The molecule has 0 unspecified atom stereocenters. The third-order valence-corrected chi connectivity index (χ3v) is 14.6. The van der Waals surface area contributed by atoms with Crippen molar-refractivity contribution in [3.63, 3.8) is 0 Å². The fourth-order valence-electron chi connectivity index (χ4n) is 10.0. The van der Waals surface area contributed by atoms with Crippen LogP contribution in [-0.2, 0) is 27.1 Å². The van der Waals surface area contributed by atoms with E-state index < -0.39 is 0 Å². The highest BCUT2D eigenvalue weighted by Crippen LogP contribution is 2.47. The summed E-state index contributed by atoms with van der Waals surface area (Å²) in [5.74, 6) is 0.900. The highest BCUT2D eigenvalue weighted by molar-refractivity contribution is 6.12. The van der Waals surface area contributed by atoms with Crippen molar-refractivity contribution in [2.75, 3.05) is 0 Å². The lowest BCUT2D eigenvalue weighted by molar-refractivity contribution is 0.446. The Hall–Kier alpha value is -7.31. The van der Waals surface area contributed by atoms with Crippen LogP contribution < -0.4 is 0 Å². The molecule has 0 atom stereocenters. The fourth-order valence-corrected chi connectivity index (χ4v) is 10.0. The molecule has 0 aliphatic carbocycles. The summed E-state index contributed by atoms with van der Waals surface area (Å²) in [5.41, 5.74) is 17.3. The highest BCUT2D eigenvalue weighted by atomic mass is 16.3. The van der Waals surface area contributed by atoms with E-state index in [1.807, 2.05) is 12.3 Å². The lowest BCUT2D eigenvalue weighted by Crippen LogP contribution is -2.17. The minimum atomic E-state index is -0.344. The van der Waals surface area contributed by atoms with E-state index in [1.165, 1.54) is 16.7 Å². The van der Waals surface area contributed by atoms with Crippen molar-refractivity contribution in [3.05, 3.63) is 174 Å². The van der Waals surface area contributed by atoms with Crippen molar-refractivity contribution in [1.82, 2.24) is 19.5 Å². The number of nitrogens with zero attached hydrogens (tertiary/aromatic N) is 4. The van der Waals surface area contributed by atoms with Crippen molar-refractivity contribution >= 4 is 33.1 Å². The summed E-state index contributed by atoms with van der Waals surface area (Å²) in [6.07, 6.45) is 1.91. The summed E-state index contributed by atoms with van der Waals surface area (Å²) in [4.78, 5) is 16.1. The average Bonchev–Trinajstić information content (AvgIpc) is 3.91. The van der Waals surface area contributed by atoms with Crippen LogP contribution in [0, 0.1) is 0 Å². The number of hydrogen-bond acceptors (Lipinski definition) is 5. The van der Waals surface area contributed by atoms with Crippen LogP contribution in [0.3, 0.4) is 0 Å². The standard InChI is InChI=1S/C67H70N4O2/c1-63(2,3)43-30-31-68-55(39-43)51-35-41(34-50-49-28-29-54(69-62(49)73-60(50)51)42-32-44(64(4,5)6)36-45(33-42)65(7,8)9)48-25-21-27-57-58(48)70-61(52-37-46(66(10,11)12)38-53(59(52)72)67(13,14)15)71(57)56-26-20-19-24-47(56)40-22-17-16-18-23-40/h16-39,72H,1-15H3. The van der Waals surface area contributed by atoms with Gasteiger partial charge < -0.3 is 9.52 Å². The number of benzene rings is 6. The van der Waals surface area contributed by atoms with Gasteiger partial charge in [0, 0.05) is 44.8 Å². The monoisotopic (exact) mass is 963 g/mol. The summed E-state index contributed by atoms with van der Waals surface area (Å²) < 4.78 is 9.24. The molecule has 6 aromatic carbocycles. The number of phenols is 1. The van der Waals surface area contributed by atoms with Gasteiger partial charge in [0.25, 0.3) is 0 Å². The molecule has 0 fully saturated rings. The van der Waals surface area contributed by atoms with E-state index in [0.717, 1.165) is 89.0 Å². The third-order valence-electron chi connectivity index (χ3n) is 14.6. The Morgan fingerprint density at radius 2 is 1.07 bits per heavy atom. The van der Waals surface area contributed by atoms with Gasteiger partial charge in [-0.15, -0.1) is 0 Å². The maximum Gasteiger partial charge on any atom is 0.227 e. The molecule has 0 aliphatic rings. The summed E-state index contributed by atoms with van der Waals surface area (Å²) in [6.45, 7) is 33.5. The van der Waals surface area contributed by atoms with Crippen LogP contribution >= 0.6 is 0 Å². The normalized spacial score (nSPS) is 12.9. The van der Waals surface area contributed by atoms with Crippen LogP contribution in [-0.4, -0.2) is 24.6 Å². The predicted molar refractivity (Wildman–Crippen MR) is 306 cm³/mol. The summed E-state index contributed by atoms with van der Waals surface area (Å²) in [7, 11) is 0. The lowest BCUT2D eigenvalue weighted by Gasteiger charge is -2.27. The van der Waals surface area contributed by atoms with Gasteiger partial charge in [-0.05, 0) is 127 Å². The lowest BCUT2D eigenvalue weighted by atomic mass is 9.79. The van der Waals surface area contributed by atoms with E-state index in [0.29, 0.717) is 17.1 Å². The molecule has 0 radical (unpaired) electrons. The second kappa shape index (κ2) is 17.4. The number of aromatic hydroxyl groups is 1. The van der Waals surface area contributed by atoms with Gasteiger partial charge in [-0.25, -0.2) is 9.97 Å². The van der Waals surface area contributed by atoms with Gasteiger partial charge in [-0.1, -0.05) is 177 Å². The van der Waals surface area contributed by atoms with Crippen molar-refractivity contribution in [2.45, 2.75) is 131 Å². The molecule has 0 aliphatic heterocycles. The quantitative estimate of drug-likeness (QED) is 0.180. The molecule has 4 heterocycles. The van der Waals surface area contributed by atoms with Crippen LogP contribution in [0.15, 0.2) is 150 Å². The summed E-state index contributed by atoms with van der Waals surface area (Å²) in [5, 5.41) is 14.5. The average molecular weight is 963 g/mol. The van der Waals surface area contributed by atoms with E-state index in [2.05, 4.69) is 242 Å². The smallest absolute Gasteiger partial charge is 0.227 e. The minimum absolute atomic E-state index is 0.0453. The second-order valence-electron chi connectivity index (χ2n) is 25.3. The molecule has 73 heavy (non-hydrogen) atoms. The summed E-state index contributed by atoms with van der Waals surface area (Å²) >= 11 is 0. The molecule has 10 aromatic rings. The van der Waals surface area contributed by atoms with E-state index >= 15 is 0 Å². The van der Waals surface area contributed by atoms with Crippen LogP contribution in [0.25, 0.3) is 94.9 Å². The molecule has 10 rings (SSSR count). The molecule has 0 saturated heterocycles. The minimum Gasteiger partial charge on any atom is -0.507 e. The van der Waals surface area contributed by atoms with E-state index in [-0.39, 0.29) is 32.8 Å². The number of hydrogen-bond donors (Lipinski definition) is 1. The van der Waals surface area contributed by atoms with E-state index in [1.54, 1.807) is 0 Å². The van der Waals surface area contributed by atoms with Gasteiger partial charge in [0.2, 0.25) is 5.71 Å². The zero-order valence-corrected chi connectivity index (χ0v) is 45.5. The van der Waals surface area contributed by atoms with Gasteiger partial charge in [-0.2, -0.15) is 0 Å². The Bertz CT molecular complexity index is 3730. The number of aromatic nitrogens is 4. The first-order valence-electron chi connectivity index (χ1n) is 25.8. The summed E-state index contributed by atoms with van der Waals surface area (Å²) in [6, 6.07) is 49.7. The third kappa shape index (κ3) is 9.15. The first-order chi connectivity index (χ1) is 34.3. The first-order valence-corrected chi connectivity index (χ1v) is 25.8. The number of rotatable bonds is 6. The van der Waals surface area contributed by atoms with Crippen LogP contribution in [0.1, 0.15) is 132 Å². The molecule has 6 heteroatoms. The van der Waals surface area contributed by atoms with Gasteiger partial charge in [0.1, 0.15) is 17.2 Å². The molecule has 370 valence electrons. The molecular weight excluding hydrogens is 893 g/mol. The number of furan rings is 1. The molecule has 1 N–H and O–H groups in total. The number of phenolic OH excluding ortho intramolecular Hbond substituents is 1. The largest absolute Gasteiger partial charge is 0.507 e. The maximum atomic E-state index is 12.6. The Balaban J connectivity index is 1.27. The number of para-hydroxylation sites is 2. The molecule has 4 aromatic heterocycles. The topological polar surface area (TPSA) is 77.0 Å².